The molecule has 1 heterocycles. The van der Waals surface area contributed by atoms with Gasteiger partial charge in [-0.3, -0.25) is 0 Å². The second kappa shape index (κ2) is 4.81. The molecule has 0 bridgehead atoms. The summed E-state index contributed by atoms with van der Waals surface area (Å²) in [7, 11) is 2.09. The maximum atomic E-state index is 6.06. The lowest BCUT2D eigenvalue weighted by Crippen LogP contribution is -2.32. The molecule has 0 aromatic heterocycles. The lowest BCUT2D eigenvalue weighted by Gasteiger charge is -2.20. The van der Waals surface area contributed by atoms with Crippen molar-refractivity contribution in [1.82, 2.24) is 0 Å². The van der Waals surface area contributed by atoms with Gasteiger partial charge in [-0.15, -0.1) is 0 Å². The number of benzene rings is 3. The fourth-order valence-corrected chi connectivity index (χ4v) is 2.97. The summed E-state index contributed by atoms with van der Waals surface area (Å²) in [5.41, 5.74) is 2.47. The number of para-hydroxylation sites is 2. The zero-order valence-corrected chi connectivity index (χ0v) is 12.0. The molecule has 0 saturated carbocycles. The SMILES string of the molecule is CN1c2ccccc2OC1Cc1ccc2ccccc2c1. The van der Waals surface area contributed by atoms with Gasteiger partial charge in [-0.1, -0.05) is 54.6 Å². The first-order valence-electron chi connectivity index (χ1n) is 7.27. The maximum Gasteiger partial charge on any atom is 0.176 e. The highest BCUT2D eigenvalue weighted by molar-refractivity contribution is 5.83. The summed E-state index contributed by atoms with van der Waals surface area (Å²) in [6.07, 6.45) is 0.958. The minimum atomic E-state index is 0.0727. The predicted octanol–water partition coefficient (Wildman–Crippen LogP) is 4.24. The number of nitrogens with zero attached hydrogens (tertiary/aromatic N) is 1. The largest absolute Gasteiger partial charge is 0.468 e. The van der Waals surface area contributed by atoms with Gasteiger partial charge < -0.3 is 9.64 Å². The molecular weight excluding hydrogens is 258 g/mol. The summed E-state index contributed by atoms with van der Waals surface area (Å²) >= 11 is 0. The summed E-state index contributed by atoms with van der Waals surface area (Å²) in [5.74, 6) is 0.978. The van der Waals surface area contributed by atoms with Crippen LogP contribution in [0.25, 0.3) is 10.8 Å². The van der Waals surface area contributed by atoms with Crippen molar-refractivity contribution >= 4 is 16.5 Å². The molecule has 1 atom stereocenters. The molecule has 21 heavy (non-hydrogen) atoms. The fourth-order valence-electron chi connectivity index (χ4n) is 2.97. The van der Waals surface area contributed by atoms with E-state index in [2.05, 4.69) is 66.5 Å². The van der Waals surface area contributed by atoms with E-state index in [1.54, 1.807) is 0 Å². The van der Waals surface area contributed by atoms with Crippen LogP contribution in [-0.4, -0.2) is 13.3 Å². The third-order valence-electron chi connectivity index (χ3n) is 4.16. The first-order chi connectivity index (χ1) is 10.3. The van der Waals surface area contributed by atoms with Crippen molar-refractivity contribution < 1.29 is 4.74 Å². The number of hydrogen-bond acceptors (Lipinski definition) is 2. The van der Waals surface area contributed by atoms with Crippen LogP contribution in [0.15, 0.2) is 66.7 Å². The highest BCUT2D eigenvalue weighted by Gasteiger charge is 2.27. The lowest BCUT2D eigenvalue weighted by atomic mass is 10.0. The van der Waals surface area contributed by atoms with Gasteiger partial charge in [0.25, 0.3) is 0 Å². The standard InChI is InChI=1S/C19H17NO/c1-20-17-8-4-5-9-18(17)21-19(20)13-14-10-11-15-6-2-3-7-16(15)12-14/h2-12,19H,13H2,1H3. The zero-order valence-electron chi connectivity index (χ0n) is 12.0. The molecule has 4 rings (SSSR count). The second-order valence-corrected chi connectivity index (χ2v) is 5.54. The van der Waals surface area contributed by atoms with E-state index in [0.717, 1.165) is 12.2 Å². The molecule has 0 aliphatic carbocycles. The Bertz CT molecular complexity index is 796. The Balaban J connectivity index is 1.61. The van der Waals surface area contributed by atoms with E-state index in [9.17, 15) is 0 Å². The number of likely N-dealkylation sites (N-methyl/N-ethyl adjacent to an activating group) is 1. The van der Waals surface area contributed by atoms with Crippen molar-refractivity contribution in [2.24, 2.45) is 0 Å². The topological polar surface area (TPSA) is 12.5 Å². The van der Waals surface area contributed by atoms with E-state index >= 15 is 0 Å². The quantitative estimate of drug-likeness (QED) is 0.693. The van der Waals surface area contributed by atoms with E-state index in [4.69, 9.17) is 4.74 Å². The Morgan fingerprint density at radius 1 is 0.905 bits per heavy atom. The highest BCUT2D eigenvalue weighted by atomic mass is 16.5. The third-order valence-corrected chi connectivity index (χ3v) is 4.16. The summed E-state index contributed by atoms with van der Waals surface area (Å²) in [6.45, 7) is 0. The van der Waals surface area contributed by atoms with Crippen LogP contribution in [0.1, 0.15) is 5.56 Å². The molecule has 104 valence electrons. The first-order valence-corrected chi connectivity index (χ1v) is 7.27. The lowest BCUT2D eigenvalue weighted by molar-refractivity contribution is 0.230. The number of anilines is 1. The molecule has 0 amide bonds. The smallest absolute Gasteiger partial charge is 0.176 e. The van der Waals surface area contributed by atoms with Crippen LogP contribution >= 0.6 is 0 Å². The normalized spacial score (nSPS) is 16.8. The monoisotopic (exact) mass is 275 g/mol. The van der Waals surface area contributed by atoms with Gasteiger partial charge in [0.1, 0.15) is 5.75 Å². The number of hydrogen-bond donors (Lipinski definition) is 0. The van der Waals surface area contributed by atoms with Crippen LogP contribution in [0.3, 0.4) is 0 Å². The number of ether oxygens (including phenoxy) is 1. The molecule has 0 fully saturated rings. The molecule has 0 saturated heterocycles. The van der Waals surface area contributed by atoms with Gasteiger partial charge in [-0.25, -0.2) is 0 Å². The Labute approximate surface area is 124 Å². The highest BCUT2D eigenvalue weighted by Crippen LogP contribution is 2.36. The van der Waals surface area contributed by atoms with Gasteiger partial charge in [-0.05, 0) is 28.5 Å². The van der Waals surface area contributed by atoms with E-state index < -0.39 is 0 Å². The summed E-state index contributed by atoms with van der Waals surface area (Å²) in [6, 6.07) is 23.3. The van der Waals surface area contributed by atoms with Crippen LogP contribution in [0.2, 0.25) is 0 Å². The van der Waals surface area contributed by atoms with Gasteiger partial charge in [0.15, 0.2) is 6.23 Å². The summed E-state index contributed by atoms with van der Waals surface area (Å²) < 4.78 is 6.06. The fraction of sp³-hybridized carbons (Fsp3) is 0.158. The number of fused-ring (bicyclic) bond motifs is 2. The van der Waals surface area contributed by atoms with Gasteiger partial charge in [0, 0.05) is 13.5 Å². The van der Waals surface area contributed by atoms with Crippen LogP contribution in [0.5, 0.6) is 5.75 Å². The number of rotatable bonds is 2. The van der Waals surface area contributed by atoms with E-state index in [1.165, 1.54) is 22.0 Å². The van der Waals surface area contributed by atoms with E-state index in [-0.39, 0.29) is 6.23 Å². The van der Waals surface area contributed by atoms with Crippen molar-refractivity contribution in [2.45, 2.75) is 12.6 Å². The maximum absolute atomic E-state index is 6.06. The Morgan fingerprint density at radius 3 is 2.52 bits per heavy atom. The molecular formula is C19H17NO. The average Bonchev–Trinajstić information content (AvgIpc) is 2.84. The Kier molecular flexibility index (Phi) is 2.81. The molecule has 0 N–H and O–H groups in total. The van der Waals surface area contributed by atoms with Gasteiger partial charge in [-0.2, -0.15) is 0 Å². The zero-order chi connectivity index (χ0) is 14.2. The van der Waals surface area contributed by atoms with Crippen molar-refractivity contribution in [1.29, 1.82) is 0 Å². The van der Waals surface area contributed by atoms with Crippen LogP contribution in [0.4, 0.5) is 5.69 Å². The van der Waals surface area contributed by atoms with Gasteiger partial charge in [0.2, 0.25) is 0 Å². The third kappa shape index (κ3) is 2.13. The summed E-state index contributed by atoms with van der Waals surface area (Å²) in [4.78, 5) is 2.21. The molecule has 1 aliphatic heterocycles. The molecule has 0 radical (unpaired) electrons. The molecule has 2 nitrogen and oxygen atoms in total. The average molecular weight is 275 g/mol. The molecule has 1 unspecified atom stereocenters. The van der Waals surface area contributed by atoms with Gasteiger partial charge >= 0.3 is 0 Å². The van der Waals surface area contributed by atoms with Crippen LogP contribution < -0.4 is 9.64 Å². The molecule has 3 aromatic carbocycles. The van der Waals surface area contributed by atoms with Crippen LogP contribution in [-0.2, 0) is 6.42 Å². The minimum Gasteiger partial charge on any atom is -0.468 e. The van der Waals surface area contributed by atoms with Crippen LogP contribution in [0, 0.1) is 0 Å². The Morgan fingerprint density at radius 2 is 1.67 bits per heavy atom. The van der Waals surface area contributed by atoms with Gasteiger partial charge in [0.05, 0.1) is 5.69 Å². The van der Waals surface area contributed by atoms with Crippen molar-refractivity contribution in [3.8, 4) is 5.75 Å². The minimum absolute atomic E-state index is 0.0727. The summed E-state index contributed by atoms with van der Waals surface area (Å²) in [5, 5.41) is 2.57. The van der Waals surface area contributed by atoms with E-state index in [1.807, 2.05) is 12.1 Å². The second-order valence-electron chi connectivity index (χ2n) is 5.54. The van der Waals surface area contributed by atoms with E-state index in [0.29, 0.717) is 0 Å². The van der Waals surface area contributed by atoms with Crippen molar-refractivity contribution in [2.75, 3.05) is 11.9 Å². The Hall–Kier alpha value is -2.48. The molecule has 3 aromatic rings. The van der Waals surface area contributed by atoms with Crippen molar-refractivity contribution in [3.05, 3.63) is 72.3 Å². The predicted molar refractivity (Wildman–Crippen MR) is 86.9 cm³/mol. The molecule has 0 spiro atoms. The van der Waals surface area contributed by atoms with Crippen molar-refractivity contribution in [3.63, 3.8) is 0 Å². The molecule has 1 aliphatic rings. The molecule has 2 heteroatoms. The first kappa shape index (κ1) is 12.3.